The maximum atomic E-state index is 12.6. The van der Waals surface area contributed by atoms with Crippen LogP contribution >= 0.6 is 27.5 Å². The molecule has 2 aromatic carbocycles. The molecule has 0 aliphatic carbocycles. The van der Waals surface area contributed by atoms with Crippen LogP contribution in [0.15, 0.2) is 59.2 Å². The predicted octanol–water partition coefficient (Wildman–Crippen LogP) is 4.88. The zero-order valence-electron chi connectivity index (χ0n) is 10.3. The first-order valence-electron chi connectivity index (χ1n) is 6.00. The van der Waals surface area contributed by atoms with Crippen LogP contribution in [-0.4, -0.2) is 10.8 Å². The summed E-state index contributed by atoms with van der Waals surface area (Å²) < 4.78 is 0.779. The number of carbonyl (C=O) groups is 1. The van der Waals surface area contributed by atoms with Gasteiger partial charge >= 0.3 is 0 Å². The summed E-state index contributed by atoms with van der Waals surface area (Å²) in [7, 11) is 0. The van der Waals surface area contributed by atoms with Gasteiger partial charge in [0.25, 0.3) is 0 Å². The highest BCUT2D eigenvalue weighted by molar-refractivity contribution is 9.10. The van der Waals surface area contributed by atoms with Gasteiger partial charge in [-0.05, 0) is 30.3 Å². The van der Waals surface area contributed by atoms with Gasteiger partial charge in [0.05, 0.1) is 5.52 Å². The summed E-state index contributed by atoms with van der Waals surface area (Å²) in [5.74, 6) is -0.0856. The monoisotopic (exact) mass is 345 g/mol. The Morgan fingerprint density at radius 3 is 2.70 bits per heavy atom. The largest absolute Gasteiger partial charge is 0.289 e. The number of ketones is 1. The Bertz CT molecular complexity index is 791. The normalized spacial score (nSPS) is 10.7. The Balaban J connectivity index is 2.17. The number of carbonyl (C=O) groups excluding carboxylic acids is 1. The minimum absolute atomic E-state index is 0.0856. The van der Waals surface area contributed by atoms with Crippen molar-refractivity contribution < 1.29 is 4.79 Å². The van der Waals surface area contributed by atoms with Gasteiger partial charge in [-0.2, -0.15) is 0 Å². The number of benzene rings is 2. The van der Waals surface area contributed by atoms with Crippen molar-refractivity contribution in [3.05, 3.63) is 75.4 Å². The van der Waals surface area contributed by atoms with Crippen LogP contribution < -0.4 is 0 Å². The highest BCUT2D eigenvalue weighted by Crippen LogP contribution is 2.24. The minimum atomic E-state index is -0.0856. The molecule has 20 heavy (non-hydrogen) atoms. The number of rotatable bonds is 2. The lowest BCUT2D eigenvalue weighted by Gasteiger charge is -2.06. The minimum Gasteiger partial charge on any atom is -0.289 e. The average molecular weight is 347 g/mol. The molecular formula is C16H9BrClNO. The lowest BCUT2D eigenvalue weighted by molar-refractivity contribution is 0.104. The first-order chi connectivity index (χ1) is 9.65. The first-order valence-corrected chi connectivity index (χ1v) is 7.17. The predicted molar refractivity (Wildman–Crippen MR) is 84.3 cm³/mol. The highest BCUT2D eigenvalue weighted by atomic mass is 79.9. The lowest BCUT2D eigenvalue weighted by Crippen LogP contribution is -2.03. The number of hydrogen-bond donors (Lipinski definition) is 0. The molecule has 1 aromatic heterocycles. The zero-order chi connectivity index (χ0) is 14.1. The van der Waals surface area contributed by atoms with Crippen molar-refractivity contribution >= 4 is 44.2 Å². The number of halogens is 2. The molecule has 0 N–H and O–H groups in total. The fourth-order valence-corrected chi connectivity index (χ4v) is 2.99. The first kappa shape index (κ1) is 13.3. The van der Waals surface area contributed by atoms with E-state index in [1.54, 1.807) is 30.5 Å². The van der Waals surface area contributed by atoms with Gasteiger partial charge in [-0.1, -0.05) is 45.7 Å². The van der Waals surface area contributed by atoms with Crippen molar-refractivity contribution in [2.75, 3.05) is 0 Å². The van der Waals surface area contributed by atoms with Crippen molar-refractivity contribution in [1.29, 1.82) is 0 Å². The van der Waals surface area contributed by atoms with Crippen LogP contribution in [0.4, 0.5) is 0 Å². The molecule has 0 atom stereocenters. The summed E-state index contributed by atoms with van der Waals surface area (Å²) in [4.78, 5) is 17.0. The van der Waals surface area contributed by atoms with E-state index in [4.69, 9.17) is 11.6 Å². The van der Waals surface area contributed by atoms with E-state index in [0.29, 0.717) is 21.7 Å². The van der Waals surface area contributed by atoms with Gasteiger partial charge in [0.15, 0.2) is 5.78 Å². The second-order valence-electron chi connectivity index (χ2n) is 4.37. The number of pyridine rings is 1. The van der Waals surface area contributed by atoms with E-state index < -0.39 is 0 Å². The Labute approximate surface area is 129 Å². The van der Waals surface area contributed by atoms with Crippen molar-refractivity contribution in [2.45, 2.75) is 0 Å². The van der Waals surface area contributed by atoms with E-state index in [9.17, 15) is 4.79 Å². The second kappa shape index (κ2) is 5.35. The summed E-state index contributed by atoms with van der Waals surface area (Å²) in [6, 6.07) is 14.5. The SMILES string of the molecule is O=C(c1cc(Cl)cc(Br)c1)c1cccc2cccnc12. The Morgan fingerprint density at radius 2 is 1.90 bits per heavy atom. The van der Waals surface area contributed by atoms with Crippen LogP contribution in [0.2, 0.25) is 5.02 Å². The molecule has 2 nitrogen and oxygen atoms in total. The molecule has 3 rings (SSSR count). The lowest BCUT2D eigenvalue weighted by atomic mass is 10.0. The molecule has 0 unspecified atom stereocenters. The Kier molecular flexibility index (Phi) is 3.55. The van der Waals surface area contributed by atoms with Gasteiger partial charge in [-0.15, -0.1) is 0 Å². The summed E-state index contributed by atoms with van der Waals surface area (Å²) in [5.41, 5.74) is 1.83. The maximum Gasteiger partial charge on any atom is 0.195 e. The average Bonchev–Trinajstić information content (AvgIpc) is 2.45. The van der Waals surface area contributed by atoms with Crippen LogP contribution in [0.5, 0.6) is 0 Å². The molecule has 0 bridgehead atoms. The highest BCUT2D eigenvalue weighted by Gasteiger charge is 2.14. The van der Waals surface area contributed by atoms with E-state index >= 15 is 0 Å². The summed E-state index contributed by atoms with van der Waals surface area (Å²) in [6.45, 7) is 0. The molecule has 0 amide bonds. The standard InChI is InChI=1S/C16H9BrClNO/c17-12-7-11(8-13(18)9-12)16(20)14-5-1-3-10-4-2-6-19-15(10)14/h1-9H. The fourth-order valence-electron chi connectivity index (χ4n) is 2.13. The smallest absolute Gasteiger partial charge is 0.195 e. The Morgan fingerprint density at radius 1 is 1.10 bits per heavy atom. The van der Waals surface area contributed by atoms with E-state index in [1.165, 1.54) is 0 Å². The van der Waals surface area contributed by atoms with E-state index in [1.807, 2.05) is 24.3 Å². The second-order valence-corrected chi connectivity index (χ2v) is 5.72. The number of fused-ring (bicyclic) bond motifs is 1. The van der Waals surface area contributed by atoms with Crippen LogP contribution in [-0.2, 0) is 0 Å². The van der Waals surface area contributed by atoms with Gasteiger partial charge < -0.3 is 0 Å². The van der Waals surface area contributed by atoms with Crippen molar-refractivity contribution in [2.24, 2.45) is 0 Å². The fraction of sp³-hybridized carbons (Fsp3) is 0. The van der Waals surface area contributed by atoms with Crippen molar-refractivity contribution in [3.8, 4) is 0 Å². The molecule has 0 saturated heterocycles. The maximum absolute atomic E-state index is 12.6. The Hall–Kier alpha value is -1.71. The van der Waals surface area contributed by atoms with Gasteiger partial charge in [0.2, 0.25) is 0 Å². The topological polar surface area (TPSA) is 30.0 Å². The van der Waals surface area contributed by atoms with Gasteiger partial charge in [0, 0.05) is 32.2 Å². The summed E-state index contributed by atoms with van der Waals surface area (Å²) in [6.07, 6.45) is 1.69. The molecule has 0 saturated carbocycles. The third-order valence-electron chi connectivity index (χ3n) is 3.00. The van der Waals surface area contributed by atoms with Gasteiger partial charge in [0.1, 0.15) is 0 Å². The number of hydrogen-bond acceptors (Lipinski definition) is 2. The summed E-state index contributed by atoms with van der Waals surface area (Å²) in [5, 5.41) is 1.47. The molecule has 0 aliphatic heterocycles. The van der Waals surface area contributed by atoms with Crippen LogP contribution in [0.25, 0.3) is 10.9 Å². The molecular weight excluding hydrogens is 338 g/mol. The van der Waals surface area contributed by atoms with E-state index in [-0.39, 0.29) is 5.78 Å². The third kappa shape index (κ3) is 2.47. The van der Waals surface area contributed by atoms with Crippen LogP contribution in [0.3, 0.4) is 0 Å². The zero-order valence-corrected chi connectivity index (χ0v) is 12.6. The van der Waals surface area contributed by atoms with Crippen LogP contribution in [0.1, 0.15) is 15.9 Å². The number of aromatic nitrogens is 1. The molecule has 3 aromatic rings. The molecule has 0 fully saturated rings. The van der Waals surface area contributed by atoms with Crippen LogP contribution in [0, 0.1) is 0 Å². The molecule has 0 aliphatic rings. The van der Waals surface area contributed by atoms with E-state index in [0.717, 1.165) is 9.86 Å². The third-order valence-corrected chi connectivity index (χ3v) is 3.68. The van der Waals surface area contributed by atoms with E-state index in [2.05, 4.69) is 20.9 Å². The quantitative estimate of drug-likeness (QED) is 0.619. The summed E-state index contributed by atoms with van der Waals surface area (Å²) >= 11 is 9.35. The molecule has 1 heterocycles. The molecule has 0 radical (unpaired) electrons. The van der Waals surface area contributed by atoms with Crippen molar-refractivity contribution in [3.63, 3.8) is 0 Å². The van der Waals surface area contributed by atoms with Gasteiger partial charge in [-0.3, -0.25) is 9.78 Å². The van der Waals surface area contributed by atoms with Crippen molar-refractivity contribution in [1.82, 2.24) is 4.98 Å². The molecule has 4 heteroatoms. The molecule has 0 spiro atoms. The molecule has 98 valence electrons. The van der Waals surface area contributed by atoms with Gasteiger partial charge in [-0.25, -0.2) is 0 Å². The number of nitrogens with zero attached hydrogens (tertiary/aromatic N) is 1. The number of para-hydroxylation sites is 1.